The minimum absolute atomic E-state index is 0.100. The fourth-order valence-corrected chi connectivity index (χ4v) is 4.56. The molecule has 0 radical (unpaired) electrons. The molecule has 2 aromatic rings. The van der Waals surface area contributed by atoms with Crippen LogP contribution in [0.25, 0.3) is 5.57 Å². The molecule has 0 saturated heterocycles. The third-order valence-corrected chi connectivity index (χ3v) is 5.89. The van der Waals surface area contributed by atoms with Crippen molar-refractivity contribution in [2.24, 2.45) is 0 Å². The minimum Gasteiger partial charge on any atom is -0.497 e. The van der Waals surface area contributed by atoms with Crippen LogP contribution in [0.5, 0.6) is 5.75 Å². The number of ether oxygens (including phenoxy) is 2. The Labute approximate surface area is 189 Å². The number of hydrogen-bond acceptors (Lipinski definition) is 4. The van der Waals surface area contributed by atoms with Crippen molar-refractivity contribution in [3.8, 4) is 5.75 Å². The van der Waals surface area contributed by atoms with E-state index >= 15 is 0 Å². The molecular formula is C26H30N2O4. The van der Waals surface area contributed by atoms with Gasteiger partial charge in [-0.15, -0.1) is 0 Å². The first kappa shape index (κ1) is 21.9. The highest BCUT2D eigenvalue weighted by atomic mass is 16.6. The number of nitrogens with zero attached hydrogens (tertiary/aromatic N) is 1. The molecular weight excluding hydrogens is 404 g/mol. The van der Waals surface area contributed by atoms with E-state index in [1.165, 1.54) is 22.3 Å². The number of amides is 2. The van der Waals surface area contributed by atoms with Gasteiger partial charge in [0, 0.05) is 6.54 Å². The minimum atomic E-state index is -0.612. The van der Waals surface area contributed by atoms with Crippen LogP contribution in [0.1, 0.15) is 49.9 Å². The summed E-state index contributed by atoms with van der Waals surface area (Å²) in [5.41, 5.74) is 5.62. The molecule has 0 bridgehead atoms. The van der Waals surface area contributed by atoms with E-state index in [1.807, 2.05) is 29.2 Å². The summed E-state index contributed by atoms with van der Waals surface area (Å²) >= 11 is 0. The van der Waals surface area contributed by atoms with Gasteiger partial charge in [0.2, 0.25) is 5.91 Å². The van der Waals surface area contributed by atoms with Gasteiger partial charge in [0.1, 0.15) is 17.9 Å². The van der Waals surface area contributed by atoms with Gasteiger partial charge in [0.05, 0.1) is 13.2 Å². The van der Waals surface area contributed by atoms with E-state index in [1.54, 1.807) is 27.9 Å². The third kappa shape index (κ3) is 4.49. The number of methoxy groups -OCH3 is 1. The zero-order valence-electron chi connectivity index (χ0n) is 19.1. The van der Waals surface area contributed by atoms with Crippen LogP contribution < -0.4 is 10.1 Å². The van der Waals surface area contributed by atoms with Crippen LogP contribution in [0.15, 0.2) is 54.1 Å². The molecule has 0 fully saturated rings. The van der Waals surface area contributed by atoms with Crippen LogP contribution in [0, 0.1) is 0 Å². The van der Waals surface area contributed by atoms with E-state index < -0.39 is 11.7 Å². The van der Waals surface area contributed by atoms with Gasteiger partial charge in [0.15, 0.2) is 0 Å². The monoisotopic (exact) mass is 434 g/mol. The summed E-state index contributed by atoms with van der Waals surface area (Å²) in [7, 11) is 1.64. The predicted octanol–water partition coefficient (Wildman–Crippen LogP) is 4.50. The van der Waals surface area contributed by atoms with E-state index in [4.69, 9.17) is 9.47 Å². The van der Waals surface area contributed by atoms with Crippen LogP contribution in [0.3, 0.4) is 0 Å². The second-order valence-electron chi connectivity index (χ2n) is 9.21. The fourth-order valence-electron chi connectivity index (χ4n) is 4.56. The first-order valence-corrected chi connectivity index (χ1v) is 11.0. The quantitative estimate of drug-likeness (QED) is 0.769. The molecule has 32 heavy (non-hydrogen) atoms. The lowest BCUT2D eigenvalue weighted by molar-refractivity contribution is -0.132. The highest BCUT2D eigenvalue weighted by Gasteiger charge is 2.37. The van der Waals surface area contributed by atoms with Gasteiger partial charge in [-0.25, -0.2) is 4.79 Å². The Morgan fingerprint density at radius 3 is 2.50 bits per heavy atom. The number of carbonyl (C=O) groups is 2. The summed E-state index contributed by atoms with van der Waals surface area (Å²) in [6.07, 6.45) is 1.04. The average molecular weight is 435 g/mol. The SMILES string of the molecule is COc1ccc(C2C3=C(CCN2C(=O)CNC(=O)OC(C)(C)C)c2ccccc2C3)cc1. The van der Waals surface area contributed by atoms with Crippen LogP contribution >= 0.6 is 0 Å². The number of hydrogen-bond donors (Lipinski definition) is 1. The maximum absolute atomic E-state index is 13.2. The largest absolute Gasteiger partial charge is 0.497 e. The summed E-state index contributed by atoms with van der Waals surface area (Å²) in [6, 6.07) is 16.2. The van der Waals surface area contributed by atoms with Gasteiger partial charge in [-0.1, -0.05) is 36.4 Å². The van der Waals surface area contributed by atoms with Crippen molar-refractivity contribution in [1.82, 2.24) is 10.2 Å². The molecule has 1 heterocycles. The summed E-state index contributed by atoms with van der Waals surface area (Å²) < 4.78 is 10.6. The molecule has 2 amide bonds. The molecule has 6 heteroatoms. The van der Waals surface area contributed by atoms with Crippen molar-refractivity contribution >= 4 is 17.6 Å². The summed E-state index contributed by atoms with van der Waals surface area (Å²) in [5.74, 6) is 0.650. The van der Waals surface area contributed by atoms with Gasteiger partial charge in [-0.05, 0) is 73.6 Å². The molecule has 0 aromatic heterocycles. The van der Waals surface area contributed by atoms with E-state index in [-0.39, 0.29) is 18.5 Å². The normalized spacial score (nSPS) is 17.5. The molecule has 2 aromatic carbocycles. The number of nitrogens with one attached hydrogen (secondary N) is 1. The molecule has 1 N–H and O–H groups in total. The van der Waals surface area contributed by atoms with Crippen LogP contribution in [-0.2, 0) is 16.0 Å². The van der Waals surface area contributed by atoms with Crippen molar-refractivity contribution in [1.29, 1.82) is 0 Å². The molecule has 2 aliphatic rings. The fraction of sp³-hybridized carbons (Fsp3) is 0.385. The molecule has 0 spiro atoms. The maximum Gasteiger partial charge on any atom is 0.408 e. The predicted molar refractivity (Wildman–Crippen MR) is 123 cm³/mol. The summed E-state index contributed by atoms with van der Waals surface area (Å²) in [5, 5.41) is 2.61. The third-order valence-electron chi connectivity index (χ3n) is 5.89. The van der Waals surface area contributed by atoms with Gasteiger partial charge in [-0.2, -0.15) is 0 Å². The van der Waals surface area contributed by atoms with Crippen molar-refractivity contribution in [2.75, 3.05) is 20.2 Å². The Kier molecular flexibility index (Phi) is 5.96. The first-order valence-electron chi connectivity index (χ1n) is 11.0. The second-order valence-corrected chi connectivity index (χ2v) is 9.21. The zero-order valence-corrected chi connectivity index (χ0v) is 19.1. The van der Waals surface area contributed by atoms with Gasteiger partial charge >= 0.3 is 6.09 Å². The van der Waals surface area contributed by atoms with E-state index in [0.717, 1.165) is 24.2 Å². The molecule has 1 aliphatic heterocycles. The molecule has 168 valence electrons. The van der Waals surface area contributed by atoms with Gasteiger partial charge in [0.25, 0.3) is 0 Å². The lowest BCUT2D eigenvalue weighted by Gasteiger charge is -2.38. The number of fused-ring (bicyclic) bond motifs is 2. The molecule has 1 atom stereocenters. The average Bonchev–Trinajstić information content (AvgIpc) is 3.14. The lowest BCUT2D eigenvalue weighted by Crippen LogP contribution is -2.45. The molecule has 4 rings (SSSR count). The van der Waals surface area contributed by atoms with Gasteiger partial charge in [-0.3, -0.25) is 4.79 Å². The summed E-state index contributed by atoms with van der Waals surface area (Å²) in [4.78, 5) is 27.2. The van der Waals surface area contributed by atoms with Crippen LogP contribution in [0.4, 0.5) is 4.79 Å². The maximum atomic E-state index is 13.2. The van der Waals surface area contributed by atoms with Crippen LogP contribution in [-0.4, -0.2) is 42.7 Å². The van der Waals surface area contributed by atoms with E-state index in [0.29, 0.717) is 6.54 Å². The van der Waals surface area contributed by atoms with Crippen molar-refractivity contribution in [3.05, 3.63) is 70.8 Å². The Bertz CT molecular complexity index is 1050. The Morgan fingerprint density at radius 1 is 1.09 bits per heavy atom. The number of alkyl carbamates (subject to hydrolysis) is 1. The van der Waals surface area contributed by atoms with Gasteiger partial charge < -0.3 is 19.7 Å². The smallest absolute Gasteiger partial charge is 0.408 e. The topological polar surface area (TPSA) is 67.9 Å². The molecule has 1 unspecified atom stereocenters. The van der Waals surface area contributed by atoms with Crippen molar-refractivity contribution in [3.63, 3.8) is 0 Å². The van der Waals surface area contributed by atoms with E-state index in [2.05, 4.69) is 29.6 Å². The van der Waals surface area contributed by atoms with Crippen LogP contribution in [0.2, 0.25) is 0 Å². The Hall–Kier alpha value is -3.28. The molecule has 1 aliphatic carbocycles. The highest BCUT2D eigenvalue weighted by Crippen LogP contribution is 2.46. The standard InChI is InChI=1S/C26H30N2O4/c1-26(2,3)32-25(30)27-16-23(29)28-14-13-21-20-8-6-5-7-18(20)15-22(21)24(28)17-9-11-19(31-4)12-10-17/h5-12,24H,13-16H2,1-4H3,(H,27,30). The zero-order chi connectivity index (χ0) is 22.9. The lowest BCUT2D eigenvalue weighted by atomic mass is 9.88. The Morgan fingerprint density at radius 2 is 1.81 bits per heavy atom. The number of rotatable bonds is 4. The number of benzene rings is 2. The first-order chi connectivity index (χ1) is 15.3. The Balaban J connectivity index is 1.60. The van der Waals surface area contributed by atoms with Crippen molar-refractivity contribution < 1.29 is 19.1 Å². The summed E-state index contributed by atoms with van der Waals surface area (Å²) in [6.45, 7) is 5.88. The number of carbonyl (C=O) groups excluding carboxylic acids is 2. The molecule has 6 nitrogen and oxygen atoms in total. The second kappa shape index (κ2) is 8.69. The highest BCUT2D eigenvalue weighted by molar-refractivity contribution is 5.86. The van der Waals surface area contributed by atoms with E-state index in [9.17, 15) is 9.59 Å². The van der Waals surface area contributed by atoms with Crippen molar-refractivity contribution in [2.45, 2.75) is 45.3 Å². The molecule has 0 saturated carbocycles.